The molecule has 1 aliphatic heterocycles. The van der Waals surface area contributed by atoms with Crippen LogP contribution >= 0.6 is 0 Å². The van der Waals surface area contributed by atoms with Gasteiger partial charge in [-0.15, -0.1) is 0 Å². The van der Waals surface area contributed by atoms with E-state index in [2.05, 4.69) is 5.32 Å². The molecule has 9 heteroatoms. The molecule has 0 bridgehead atoms. The molecule has 2 aromatic rings. The maximum absolute atomic E-state index is 13.3. The van der Waals surface area contributed by atoms with E-state index in [0.29, 0.717) is 43.4 Å². The van der Waals surface area contributed by atoms with E-state index >= 15 is 0 Å². The number of likely N-dealkylation sites (tertiary alicyclic amines) is 1. The molecule has 0 spiro atoms. The van der Waals surface area contributed by atoms with Crippen molar-refractivity contribution >= 4 is 11.8 Å². The van der Waals surface area contributed by atoms with E-state index in [1.165, 1.54) is 4.90 Å². The van der Waals surface area contributed by atoms with Crippen molar-refractivity contribution in [2.45, 2.75) is 38.5 Å². The quantitative estimate of drug-likeness (QED) is 0.689. The predicted molar refractivity (Wildman–Crippen MR) is 105 cm³/mol. The Hall–Kier alpha value is -3.10. The third kappa shape index (κ3) is 5.15. The Bertz CT molecular complexity index is 962. The van der Waals surface area contributed by atoms with Crippen LogP contribution in [-0.4, -0.2) is 35.9 Å². The Morgan fingerprint density at radius 1 is 1.19 bits per heavy atom. The van der Waals surface area contributed by atoms with Crippen LogP contribution in [0.5, 0.6) is 5.75 Å². The maximum atomic E-state index is 13.3. The van der Waals surface area contributed by atoms with Gasteiger partial charge < -0.3 is 15.0 Å². The van der Waals surface area contributed by atoms with Gasteiger partial charge in [0.15, 0.2) is 0 Å². The zero-order chi connectivity index (χ0) is 22.6. The highest BCUT2D eigenvalue weighted by Gasteiger charge is 2.37. The highest BCUT2D eigenvalue weighted by molar-refractivity contribution is 6.00. The fourth-order valence-corrected chi connectivity index (χ4v) is 3.63. The molecular formula is C22H22F4N2O3. The molecule has 0 aromatic heterocycles. The summed E-state index contributed by atoms with van der Waals surface area (Å²) < 4.78 is 58.3. The number of ether oxygens (including phenoxy) is 1. The van der Waals surface area contributed by atoms with Gasteiger partial charge in [-0.1, -0.05) is 18.2 Å². The number of nitrogens with zero attached hydrogens (tertiary/aromatic N) is 1. The van der Waals surface area contributed by atoms with Crippen LogP contribution in [0, 0.1) is 5.82 Å². The van der Waals surface area contributed by atoms with E-state index in [-0.39, 0.29) is 11.5 Å². The van der Waals surface area contributed by atoms with Gasteiger partial charge in [-0.3, -0.25) is 9.59 Å². The molecule has 166 valence electrons. The first-order valence-electron chi connectivity index (χ1n) is 9.88. The molecule has 31 heavy (non-hydrogen) atoms. The number of hydrogen-bond acceptors (Lipinski definition) is 3. The molecule has 1 N–H and O–H groups in total. The molecule has 1 unspecified atom stereocenters. The van der Waals surface area contributed by atoms with Crippen LogP contribution in [0.25, 0.3) is 0 Å². The molecule has 2 aromatic carbocycles. The Kier molecular flexibility index (Phi) is 6.82. The number of amides is 2. The lowest BCUT2D eigenvalue weighted by Gasteiger charge is -2.25. The predicted octanol–water partition coefficient (Wildman–Crippen LogP) is 4.16. The third-order valence-electron chi connectivity index (χ3n) is 5.06. The van der Waals surface area contributed by atoms with Crippen LogP contribution in [0.15, 0.2) is 42.5 Å². The molecule has 1 heterocycles. The van der Waals surface area contributed by atoms with Gasteiger partial charge in [0.25, 0.3) is 5.91 Å². The Labute approximate surface area is 177 Å². The summed E-state index contributed by atoms with van der Waals surface area (Å²) in [6.07, 6.45) is -3.77. The van der Waals surface area contributed by atoms with Crippen LogP contribution in [0.2, 0.25) is 0 Å². The summed E-state index contributed by atoms with van der Waals surface area (Å²) in [5, 5.41) is 2.46. The summed E-state index contributed by atoms with van der Waals surface area (Å²) in [5.74, 6) is -1.54. The summed E-state index contributed by atoms with van der Waals surface area (Å²) in [6.45, 7) is 2.08. The molecule has 0 saturated carbocycles. The van der Waals surface area contributed by atoms with Gasteiger partial charge in [0, 0.05) is 13.1 Å². The Balaban J connectivity index is 1.74. The van der Waals surface area contributed by atoms with Crippen molar-refractivity contribution in [1.82, 2.24) is 10.2 Å². The number of nitrogens with one attached hydrogen (secondary N) is 1. The first kappa shape index (κ1) is 22.6. The zero-order valence-electron chi connectivity index (χ0n) is 16.8. The summed E-state index contributed by atoms with van der Waals surface area (Å²) in [4.78, 5) is 27.1. The minimum absolute atomic E-state index is 0.250. The maximum Gasteiger partial charge on any atom is 0.416 e. The molecule has 5 nitrogen and oxygen atoms in total. The standard InChI is InChI=1S/C22H22F4N2O3/c1-2-31-19-8-4-3-6-16(19)21(30)28-11-5-7-18(28)20(29)27-13-14-9-10-15(23)12-17(14)22(24,25)26/h3-4,6,8-10,12,18H,2,5,7,11,13H2,1H3,(H,27,29). The van der Waals surface area contributed by atoms with E-state index in [1.807, 2.05) is 0 Å². The van der Waals surface area contributed by atoms with E-state index in [9.17, 15) is 27.2 Å². The summed E-state index contributed by atoms with van der Waals surface area (Å²) in [7, 11) is 0. The van der Waals surface area contributed by atoms with Crippen molar-refractivity contribution in [3.63, 3.8) is 0 Å². The average molecular weight is 438 g/mol. The largest absolute Gasteiger partial charge is 0.493 e. The lowest BCUT2D eigenvalue weighted by molar-refractivity contribution is -0.138. The molecule has 1 atom stereocenters. The zero-order valence-corrected chi connectivity index (χ0v) is 16.8. The lowest BCUT2D eigenvalue weighted by Crippen LogP contribution is -2.46. The number of hydrogen-bond donors (Lipinski definition) is 1. The lowest BCUT2D eigenvalue weighted by atomic mass is 10.1. The Morgan fingerprint density at radius 3 is 2.65 bits per heavy atom. The number of carbonyl (C=O) groups excluding carboxylic acids is 2. The first-order chi connectivity index (χ1) is 14.7. The van der Waals surface area contributed by atoms with Crippen molar-refractivity contribution < 1.29 is 31.9 Å². The van der Waals surface area contributed by atoms with E-state index in [1.54, 1.807) is 31.2 Å². The highest BCUT2D eigenvalue weighted by atomic mass is 19.4. The number of benzene rings is 2. The third-order valence-corrected chi connectivity index (χ3v) is 5.06. The van der Waals surface area contributed by atoms with Gasteiger partial charge in [-0.05, 0) is 49.6 Å². The number of halogens is 4. The second-order valence-corrected chi connectivity index (χ2v) is 7.10. The van der Waals surface area contributed by atoms with Crippen LogP contribution in [0.1, 0.15) is 41.3 Å². The SMILES string of the molecule is CCOc1ccccc1C(=O)N1CCCC1C(=O)NCc1ccc(F)cc1C(F)(F)F. The fraction of sp³-hybridized carbons (Fsp3) is 0.364. The van der Waals surface area contributed by atoms with Gasteiger partial charge in [-0.2, -0.15) is 13.2 Å². The highest BCUT2D eigenvalue weighted by Crippen LogP contribution is 2.32. The van der Waals surface area contributed by atoms with Crippen molar-refractivity contribution in [3.05, 3.63) is 65.0 Å². The summed E-state index contributed by atoms with van der Waals surface area (Å²) in [6, 6.07) is 8.19. The van der Waals surface area contributed by atoms with E-state index in [0.717, 1.165) is 12.1 Å². The van der Waals surface area contributed by atoms with Crippen molar-refractivity contribution in [2.75, 3.05) is 13.2 Å². The van der Waals surface area contributed by atoms with Crippen LogP contribution in [0.4, 0.5) is 17.6 Å². The minimum Gasteiger partial charge on any atom is -0.493 e. The summed E-state index contributed by atoms with van der Waals surface area (Å²) >= 11 is 0. The minimum atomic E-state index is -4.75. The van der Waals surface area contributed by atoms with Gasteiger partial charge in [0.2, 0.25) is 5.91 Å². The van der Waals surface area contributed by atoms with Crippen LogP contribution < -0.4 is 10.1 Å². The summed E-state index contributed by atoms with van der Waals surface area (Å²) in [5.41, 5.74) is -1.07. The van der Waals surface area contributed by atoms with Gasteiger partial charge >= 0.3 is 6.18 Å². The number of para-hydroxylation sites is 1. The molecule has 0 aliphatic carbocycles. The van der Waals surface area contributed by atoms with Crippen LogP contribution in [-0.2, 0) is 17.5 Å². The number of rotatable bonds is 6. The number of carbonyl (C=O) groups is 2. The molecule has 0 radical (unpaired) electrons. The van der Waals surface area contributed by atoms with Gasteiger partial charge in [-0.25, -0.2) is 4.39 Å². The van der Waals surface area contributed by atoms with Crippen molar-refractivity contribution in [3.8, 4) is 5.75 Å². The molecule has 1 aliphatic rings. The normalized spacial score (nSPS) is 16.3. The van der Waals surface area contributed by atoms with E-state index in [4.69, 9.17) is 4.74 Å². The molecule has 2 amide bonds. The van der Waals surface area contributed by atoms with Gasteiger partial charge in [0.05, 0.1) is 17.7 Å². The molecule has 1 fully saturated rings. The number of alkyl halides is 3. The van der Waals surface area contributed by atoms with Gasteiger partial charge in [0.1, 0.15) is 17.6 Å². The second-order valence-electron chi connectivity index (χ2n) is 7.10. The Morgan fingerprint density at radius 2 is 1.94 bits per heavy atom. The van der Waals surface area contributed by atoms with Crippen molar-refractivity contribution in [2.24, 2.45) is 0 Å². The molecule has 1 saturated heterocycles. The average Bonchev–Trinajstić information content (AvgIpc) is 3.22. The van der Waals surface area contributed by atoms with Crippen LogP contribution in [0.3, 0.4) is 0 Å². The topological polar surface area (TPSA) is 58.6 Å². The fourth-order valence-electron chi connectivity index (χ4n) is 3.63. The molecule has 3 rings (SSSR count). The first-order valence-corrected chi connectivity index (χ1v) is 9.88. The van der Waals surface area contributed by atoms with Crippen molar-refractivity contribution in [1.29, 1.82) is 0 Å². The second kappa shape index (κ2) is 9.36. The molecular weight excluding hydrogens is 416 g/mol. The van der Waals surface area contributed by atoms with E-state index < -0.39 is 36.1 Å². The monoisotopic (exact) mass is 438 g/mol. The smallest absolute Gasteiger partial charge is 0.416 e.